The zero-order valence-electron chi connectivity index (χ0n) is 13.7. The van der Waals surface area contributed by atoms with Gasteiger partial charge in [-0.05, 0) is 38.0 Å². The van der Waals surface area contributed by atoms with Crippen LogP contribution in [-0.2, 0) is 11.3 Å². The Labute approximate surface area is 158 Å². The van der Waals surface area contributed by atoms with E-state index < -0.39 is 11.1 Å². The minimum atomic E-state index is -0.481. The van der Waals surface area contributed by atoms with Crippen molar-refractivity contribution >= 4 is 39.3 Å². The fourth-order valence-corrected chi connectivity index (χ4v) is 3.57. The molecule has 1 aromatic carbocycles. The Balaban J connectivity index is 1.70. The van der Waals surface area contributed by atoms with Crippen molar-refractivity contribution in [2.75, 3.05) is 5.32 Å². The Hall–Kier alpha value is -1.67. The average molecular weight is 425 g/mol. The highest BCUT2D eigenvalue weighted by Gasteiger charge is 2.31. The molecule has 132 valence electrons. The number of thioether (sulfide) groups is 1. The quantitative estimate of drug-likeness (QED) is 0.529. The SMILES string of the molecule is C=CCn1c(SC(C)C(=O)Nc2ccc(Br)cc2F)nnc1C1CC1. The number of allylic oxidation sites excluding steroid dienone is 1. The molecule has 0 bridgehead atoms. The monoisotopic (exact) mass is 424 g/mol. The molecule has 8 heteroatoms. The van der Waals surface area contributed by atoms with E-state index in [4.69, 9.17) is 0 Å². The second-order valence-electron chi connectivity index (χ2n) is 5.89. The molecule has 2 aromatic rings. The van der Waals surface area contributed by atoms with Gasteiger partial charge in [-0.25, -0.2) is 4.39 Å². The van der Waals surface area contributed by atoms with Crippen LogP contribution < -0.4 is 5.32 Å². The molecule has 1 heterocycles. The van der Waals surface area contributed by atoms with Crippen LogP contribution in [0.25, 0.3) is 0 Å². The number of carbonyl (C=O) groups is 1. The van der Waals surface area contributed by atoms with Gasteiger partial charge in [0.2, 0.25) is 5.91 Å². The maximum absolute atomic E-state index is 13.9. The summed E-state index contributed by atoms with van der Waals surface area (Å²) in [6.07, 6.45) is 4.04. The molecule has 1 saturated carbocycles. The van der Waals surface area contributed by atoms with Crippen molar-refractivity contribution < 1.29 is 9.18 Å². The number of aromatic nitrogens is 3. The highest BCUT2D eigenvalue weighted by atomic mass is 79.9. The Morgan fingerprint density at radius 1 is 1.56 bits per heavy atom. The molecule has 1 aromatic heterocycles. The van der Waals surface area contributed by atoms with E-state index in [0.717, 1.165) is 18.7 Å². The second kappa shape index (κ2) is 7.70. The number of nitrogens with zero attached hydrogens (tertiary/aromatic N) is 3. The lowest BCUT2D eigenvalue weighted by atomic mass is 10.3. The number of carbonyl (C=O) groups excluding carboxylic acids is 1. The number of benzene rings is 1. The fourth-order valence-electron chi connectivity index (χ4n) is 2.37. The van der Waals surface area contributed by atoms with Crippen molar-refractivity contribution in [1.29, 1.82) is 0 Å². The van der Waals surface area contributed by atoms with Crippen molar-refractivity contribution in [2.24, 2.45) is 0 Å². The summed E-state index contributed by atoms with van der Waals surface area (Å²) >= 11 is 4.50. The number of amides is 1. The molecule has 1 fully saturated rings. The van der Waals surface area contributed by atoms with Crippen molar-refractivity contribution in [1.82, 2.24) is 14.8 Å². The Kier molecular flexibility index (Phi) is 5.58. The molecule has 0 aliphatic heterocycles. The maximum Gasteiger partial charge on any atom is 0.237 e. The number of hydrogen-bond acceptors (Lipinski definition) is 4. The molecule has 25 heavy (non-hydrogen) atoms. The summed E-state index contributed by atoms with van der Waals surface area (Å²) in [5.74, 6) is 0.648. The molecule has 1 aliphatic carbocycles. The van der Waals surface area contributed by atoms with Gasteiger partial charge in [0.25, 0.3) is 0 Å². The standard InChI is InChI=1S/C17H18BrFN4OS/c1-3-8-23-15(11-4-5-11)21-22-17(23)25-10(2)16(24)20-14-7-6-12(18)9-13(14)19/h3,6-7,9-11H,1,4-5,8H2,2H3,(H,20,24). The molecule has 0 saturated heterocycles. The minimum absolute atomic E-state index is 0.159. The zero-order valence-corrected chi connectivity index (χ0v) is 16.1. The van der Waals surface area contributed by atoms with Crippen molar-refractivity contribution in [2.45, 2.75) is 42.6 Å². The lowest BCUT2D eigenvalue weighted by Gasteiger charge is -2.13. The van der Waals surface area contributed by atoms with Gasteiger partial charge in [0.15, 0.2) is 5.16 Å². The van der Waals surface area contributed by atoms with Crippen LogP contribution in [-0.4, -0.2) is 25.9 Å². The van der Waals surface area contributed by atoms with E-state index in [1.165, 1.54) is 23.9 Å². The fraction of sp³-hybridized carbons (Fsp3) is 0.353. The predicted octanol–water partition coefficient (Wildman–Crippen LogP) is 4.36. The summed E-state index contributed by atoms with van der Waals surface area (Å²) in [5.41, 5.74) is 0.159. The van der Waals surface area contributed by atoms with E-state index >= 15 is 0 Å². The van der Waals surface area contributed by atoms with Gasteiger partial charge >= 0.3 is 0 Å². The third kappa shape index (κ3) is 4.30. The molecule has 0 radical (unpaired) electrons. The van der Waals surface area contributed by atoms with Crippen LogP contribution in [0.5, 0.6) is 0 Å². The lowest BCUT2D eigenvalue weighted by molar-refractivity contribution is -0.115. The average Bonchev–Trinajstić information content (AvgIpc) is 3.34. The van der Waals surface area contributed by atoms with E-state index in [1.54, 1.807) is 19.1 Å². The second-order valence-corrected chi connectivity index (χ2v) is 8.11. The number of anilines is 1. The smallest absolute Gasteiger partial charge is 0.237 e. The van der Waals surface area contributed by atoms with Crippen LogP contribution in [0, 0.1) is 5.82 Å². The first kappa shape index (κ1) is 18.1. The van der Waals surface area contributed by atoms with Crippen LogP contribution in [0.4, 0.5) is 10.1 Å². The predicted molar refractivity (Wildman–Crippen MR) is 100 cm³/mol. The van der Waals surface area contributed by atoms with Crippen LogP contribution in [0.15, 0.2) is 40.5 Å². The van der Waals surface area contributed by atoms with E-state index in [0.29, 0.717) is 22.1 Å². The third-order valence-corrected chi connectivity index (χ3v) is 5.41. The topological polar surface area (TPSA) is 59.8 Å². The maximum atomic E-state index is 13.9. The van der Waals surface area contributed by atoms with Gasteiger partial charge in [-0.3, -0.25) is 4.79 Å². The molecule has 5 nitrogen and oxygen atoms in total. The van der Waals surface area contributed by atoms with Gasteiger partial charge in [0.05, 0.1) is 10.9 Å². The number of halogens is 2. The number of nitrogens with one attached hydrogen (secondary N) is 1. The molecule has 1 amide bonds. The Morgan fingerprint density at radius 3 is 2.96 bits per heavy atom. The van der Waals surface area contributed by atoms with Gasteiger partial charge in [-0.1, -0.05) is 33.8 Å². The lowest BCUT2D eigenvalue weighted by Crippen LogP contribution is -2.23. The molecule has 1 aliphatic rings. The number of hydrogen-bond donors (Lipinski definition) is 1. The van der Waals surface area contributed by atoms with Gasteiger partial charge in [0.1, 0.15) is 11.6 Å². The van der Waals surface area contributed by atoms with Crippen LogP contribution in [0.3, 0.4) is 0 Å². The summed E-state index contributed by atoms with van der Waals surface area (Å²) in [6, 6.07) is 4.52. The summed E-state index contributed by atoms with van der Waals surface area (Å²) in [6.45, 7) is 6.15. The molecule has 1 unspecified atom stereocenters. The van der Waals surface area contributed by atoms with E-state index in [1.807, 2.05) is 4.57 Å². The minimum Gasteiger partial charge on any atom is -0.323 e. The molecule has 1 N–H and O–H groups in total. The van der Waals surface area contributed by atoms with Crippen LogP contribution >= 0.6 is 27.7 Å². The molecule has 0 spiro atoms. The van der Waals surface area contributed by atoms with E-state index in [-0.39, 0.29) is 11.6 Å². The molecule has 3 rings (SSSR count). The normalized spacial score (nSPS) is 15.0. The highest BCUT2D eigenvalue weighted by Crippen LogP contribution is 2.40. The van der Waals surface area contributed by atoms with Crippen molar-refractivity contribution in [3.63, 3.8) is 0 Å². The van der Waals surface area contributed by atoms with E-state index in [2.05, 4.69) is 38.0 Å². The summed E-state index contributed by atoms with van der Waals surface area (Å²) in [7, 11) is 0. The zero-order chi connectivity index (χ0) is 18.0. The first-order valence-corrected chi connectivity index (χ1v) is 9.63. The molecular weight excluding hydrogens is 407 g/mol. The molecular formula is C17H18BrFN4OS. The van der Waals surface area contributed by atoms with Gasteiger partial charge in [0, 0.05) is 16.9 Å². The Morgan fingerprint density at radius 2 is 2.32 bits per heavy atom. The Bertz CT molecular complexity index is 806. The highest BCUT2D eigenvalue weighted by molar-refractivity contribution is 9.10. The largest absolute Gasteiger partial charge is 0.323 e. The third-order valence-electron chi connectivity index (χ3n) is 3.84. The van der Waals surface area contributed by atoms with Crippen molar-refractivity contribution in [3.05, 3.63) is 47.0 Å². The van der Waals surface area contributed by atoms with Gasteiger partial charge in [-0.15, -0.1) is 16.8 Å². The van der Waals surface area contributed by atoms with E-state index in [9.17, 15) is 9.18 Å². The first-order valence-electron chi connectivity index (χ1n) is 7.96. The number of rotatable bonds is 7. The van der Waals surface area contributed by atoms with Crippen LogP contribution in [0.2, 0.25) is 0 Å². The van der Waals surface area contributed by atoms with Crippen LogP contribution in [0.1, 0.15) is 31.5 Å². The van der Waals surface area contributed by atoms with Crippen molar-refractivity contribution in [3.8, 4) is 0 Å². The summed E-state index contributed by atoms with van der Waals surface area (Å²) < 4.78 is 16.5. The summed E-state index contributed by atoms with van der Waals surface area (Å²) in [5, 5.41) is 11.3. The summed E-state index contributed by atoms with van der Waals surface area (Å²) in [4.78, 5) is 12.4. The van der Waals surface area contributed by atoms with Gasteiger partial charge < -0.3 is 9.88 Å². The first-order chi connectivity index (χ1) is 12.0. The van der Waals surface area contributed by atoms with Gasteiger partial charge in [-0.2, -0.15) is 0 Å². The molecule has 1 atom stereocenters.